The van der Waals surface area contributed by atoms with E-state index < -0.39 is 5.91 Å². The second-order valence-corrected chi connectivity index (χ2v) is 8.05. The predicted octanol–water partition coefficient (Wildman–Crippen LogP) is 5.62. The topological polar surface area (TPSA) is 94.8 Å². The lowest BCUT2D eigenvalue weighted by Gasteiger charge is -2.11. The summed E-state index contributed by atoms with van der Waals surface area (Å²) in [6, 6.07) is 21.1. The number of pyridine rings is 1. The van der Waals surface area contributed by atoms with Gasteiger partial charge in [0, 0.05) is 21.0 Å². The van der Waals surface area contributed by atoms with Crippen LogP contribution >= 0.6 is 15.9 Å². The molecule has 0 radical (unpaired) electrons. The number of aromatic hydroxyl groups is 2. The van der Waals surface area contributed by atoms with Crippen molar-refractivity contribution >= 4 is 38.5 Å². The number of carbonyl (C=O) groups is 1. The van der Waals surface area contributed by atoms with Crippen molar-refractivity contribution in [2.75, 3.05) is 0 Å². The molecule has 0 atom stereocenters. The molecule has 6 nitrogen and oxygen atoms in total. The fourth-order valence-corrected chi connectivity index (χ4v) is 3.82. The highest BCUT2D eigenvalue weighted by Gasteiger charge is 2.15. The maximum atomic E-state index is 13.1. The average Bonchev–Trinajstić information content (AvgIpc) is 2.80. The maximum Gasteiger partial charge on any atom is 0.272 e. The summed E-state index contributed by atoms with van der Waals surface area (Å²) in [5.74, 6) is -0.418. The van der Waals surface area contributed by atoms with Gasteiger partial charge < -0.3 is 10.2 Å². The molecule has 0 unspecified atom stereocenters. The van der Waals surface area contributed by atoms with Crippen LogP contribution in [0.25, 0.3) is 22.2 Å². The minimum atomic E-state index is -0.398. The van der Waals surface area contributed by atoms with Crippen molar-refractivity contribution in [2.45, 2.75) is 13.3 Å². The molecular weight excluding hydrogens is 470 g/mol. The van der Waals surface area contributed by atoms with E-state index in [2.05, 4.69) is 26.5 Å². The zero-order chi connectivity index (χ0) is 22.7. The molecule has 0 aliphatic rings. The molecule has 0 saturated carbocycles. The predicted molar refractivity (Wildman–Crippen MR) is 129 cm³/mol. The summed E-state index contributed by atoms with van der Waals surface area (Å²) in [6.07, 6.45) is 0.442. The van der Waals surface area contributed by atoms with Crippen molar-refractivity contribution in [3.05, 3.63) is 88.4 Å². The standard InChI is InChI=1S/C25H20BrN3O3/c1-2-21(20-13-17(30)10-11-24(20)31)28-29-25(32)19-14-23(15-6-5-7-16(26)12-15)27-22-9-4-3-8-18(19)22/h3-14,30-31H,2H2,1H3,(H,29,32)/b28-21-. The Morgan fingerprint density at radius 1 is 1.00 bits per heavy atom. The van der Waals surface area contributed by atoms with Crippen LogP contribution in [0.3, 0.4) is 0 Å². The normalized spacial score (nSPS) is 11.5. The number of rotatable bonds is 5. The van der Waals surface area contributed by atoms with Crippen LogP contribution in [0.1, 0.15) is 29.3 Å². The molecule has 32 heavy (non-hydrogen) atoms. The summed E-state index contributed by atoms with van der Waals surface area (Å²) in [5, 5.41) is 24.8. The Kier molecular flexibility index (Phi) is 6.18. The molecule has 7 heteroatoms. The molecule has 3 aromatic carbocycles. The van der Waals surface area contributed by atoms with E-state index in [1.54, 1.807) is 6.07 Å². The summed E-state index contributed by atoms with van der Waals surface area (Å²) in [4.78, 5) is 17.9. The molecule has 4 rings (SSSR count). The van der Waals surface area contributed by atoms with Gasteiger partial charge in [-0.1, -0.05) is 53.2 Å². The van der Waals surface area contributed by atoms with Gasteiger partial charge in [-0.05, 0) is 48.9 Å². The second-order valence-electron chi connectivity index (χ2n) is 7.14. The van der Waals surface area contributed by atoms with E-state index in [9.17, 15) is 15.0 Å². The van der Waals surface area contributed by atoms with Gasteiger partial charge in [0.1, 0.15) is 11.5 Å². The molecule has 0 bridgehead atoms. The molecular formula is C25H20BrN3O3. The molecule has 4 aromatic rings. The van der Waals surface area contributed by atoms with Crippen LogP contribution in [0.4, 0.5) is 0 Å². The van der Waals surface area contributed by atoms with Crippen molar-refractivity contribution in [3.8, 4) is 22.8 Å². The summed E-state index contributed by atoms with van der Waals surface area (Å²) >= 11 is 3.48. The van der Waals surface area contributed by atoms with E-state index in [1.807, 2.05) is 55.5 Å². The van der Waals surface area contributed by atoms with Crippen molar-refractivity contribution in [3.63, 3.8) is 0 Å². The summed E-state index contributed by atoms with van der Waals surface area (Å²) < 4.78 is 0.916. The molecule has 0 spiro atoms. The summed E-state index contributed by atoms with van der Waals surface area (Å²) in [5.41, 5.74) is 6.08. The fraction of sp³-hybridized carbons (Fsp3) is 0.0800. The Bertz CT molecular complexity index is 1350. The highest BCUT2D eigenvalue weighted by Crippen LogP contribution is 2.27. The number of phenolic OH excluding ortho intramolecular Hbond substituents is 2. The molecule has 1 aromatic heterocycles. The van der Waals surface area contributed by atoms with E-state index >= 15 is 0 Å². The number of halogens is 1. The van der Waals surface area contributed by atoms with Crippen LogP contribution in [0.5, 0.6) is 11.5 Å². The molecule has 0 aliphatic carbocycles. The lowest BCUT2D eigenvalue weighted by atomic mass is 10.0. The highest BCUT2D eigenvalue weighted by molar-refractivity contribution is 9.10. The Balaban J connectivity index is 1.74. The van der Waals surface area contributed by atoms with Gasteiger partial charge in [-0.2, -0.15) is 5.10 Å². The van der Waals surface area contributed by atoms with Crippen molar-refractivity contribution in [1.29, 1.82) is 0 Å². The maximum absolute atomic E-state index is 13.1. The Morgan fingerprint density at radius 2 is 1.81 bits per heavy atom. The first kappa shape index (κ1) is 21.5. The van der Waals surface area contributed by atoms with Crippen molar-refractivity contribution < 1.29 is 15.0 Å². The Labute approximate surface area is 193 Å². The Morgan fingerprint density at radius 3 is 2.59 bits per heavy atom. The largest absolute Gasteiger partial charge is 0.508 e. The first-order valence-electron chi connectivity index (χ1n) is 10.0. The van der Waals surface area contributed by atoms with Crippen LogP contribution < -0.4 is 5.43 Å². The number of benzene rings is 3. The molecule has 1 amide bonds. The number of para-hydroxylation sites is 1. The number of phenols is 2. The summed E-state index contributed by atoms with van der Waals surface area (Å²) in [6.45, 7) is 1.85. The van der Waals surface area contributed by atoms with Gasteiger partial charge in [-0.3, -0.25) is 4.79 Å². The van der Waals surface area contributed by atoms with E-state index in [1.165, 1.54) is 18.2 Å². The van der Waals surface area contributed by atoms with E-state index in [-0.39, 0.29) is 11.5 Å². The number of aromatic nitrogens is 1. The fourth-order valence-electron chi connectivity index (χ4n) is 3.42. The van der Waals surface area contributed by atoms with Gasteiger partial charge in [0.2, 0.25) is 0 Å². The molecule has 0 aliphatic heterocycles. The zero-order valence-corrected chi connectivity index (χ0v) is 18.8. The van der Waals surface area contributed by atoms with Crippen molar-refractivity contribution in [2.24, 2.45) is 5.10 Å². The number of nitrogens with zero attached hydrogens (tertiary/aromatic N) is 2. The van der Waals surface area contributed by atoms with Gasteiger partial charge in [0.15, 0.2) is 0 Å². The quantitative estimate of drug-likeness (QED) is 0.192. The third-order valence-corrected chi connectivity index (χ3v) is 5.49. The first-order chi connectivity index (χ1) is 15.5. The van der Waals surface area contributed by atoms with Crippen molar-refractivity contribution in [1.82, 2.24) is 10.4 Å². The molecule has 0 saturated heterocycles. The third-order valence-electron chi connectivity index (χ3n) is 5.00. The van der Waals surface area contributed by atoms with Gasteiger partial charge in [-0.15, -0.1) is 0 Å². The minimum absolute atomic E-state index is 0.00377. The van der Waals surface area contributed by atoms with Gasteiger partial charge in [-0.25, -0.2) is 10.4 Å². The molecule has 0 fully saturated rings. The lowest BCUT2D eigenvalue weighted by Crippen LogP contribution is -2.20. The van der Waals surface area contributed by atoms with Crippen LogP contribution in [0.15, 0.2) is 82.4 Å². The molecule has 160 valence electrons. The first-order valence-corrected chi connectivity index (χ1v) is 10.8. The van der Waals surface area contributed by atoms with E-state index in [4.69, 9.17) is 4.98 Å². The Hall–Kier alpha value is -3.71. The highest BCUT2D eigenvalue weighted by atomic mass is 79.9. The van der Waals surface area contributed by atoms with E-state index in [0.717, 1.165) is 10.0 Å². The number of nitrogens with one attached hydrogen (secondary N) is 1. The minimum Gasteiger partial charge on any atom is -0.508 e. The van der Waals surface area contributed by atoms with Gasteiger partial charge in [0.25, 0.3) is 5.91 Å². The summed E-state index contributed by atoms with van der Waals surface area (Å²) in [7, 11) is 0. The van der Waals surface area contributed by atoms with Crippen LogP contribution in [0.2, 0.25) is 0 Å². The third kappa shape index (κ3) is 4.48. The smallest absolute Gasteiger partial charge is 0.272 e. The van der Waals surface area contributed by atoms with Crippen LogP contribution in [0, 0.1) is 0 Å². The molecule has 1 heterocycles. The molecule has 3 N–H and O–H groups in total. The number of hydrazone groups is 1. The second kappa shape index (κ2) is 9.20. The number of fused-ring (bicyclic) bond motifs is 1. The van der Waals surface area contributed by atoms with Crippen LogP contribution in [-0.4, -0.2) is 26.8 Å². The number of hydrogen-bond acceptors (Lipinski definition) is 5. The SMILES string of the molecule is CC/C(=N/NC(=O)c1cc(-c2cccc(Br)c2)nc2ccccc12)c1cc(O)ccc1O. The number of hydrogen-bond donors (Lipinski definition) is 3. The number of amides is 1. The average molecular weight is 490 g/mol. The van der Waals surface area contributed by atoms with Gasteiger partial charge in [0.05, 0.1) is 22.5 Å². The zero-order valence-electron chi connectivity index (χ0n) is 17.2. The lowest BCUT2D eigenvalue weighted by molar-refractivity contribution is 0.0956. The van der Waals surface area contributed by atoms with Gasteiger partial charge >= 0.3 is 0 Å². The monoisotopic (exact) mass is 489 g/mol. The van der Waals surface area contributed by atoms with E-state index in [0.29, 0.717) is 39.9 Å². The van der Waals surface area contributed by atoms with Crippen LogP contribution in [-0.2, 0) is 0 Å². The number of carbonyl (C=O) groups excluding carboxylic acids is 1.